The van der Waals surface area contributed by atoms with Gasteiger partial charge in [0.25, 0.3) is 0 Å². The third kappa shape index (κ3) is 3.55. The van der Waals surface area contributed by atoms with Crippen LogP contribution in [0, 0.1) is 6.92 Å². The number of aryl methyl sites for hydroxylation is 1. The number of benzene rings is 1. The van der Waals surface area contributed by atoms with Crippen LogP contribution in [-0.4, -0.2) is 43.4 Å². The maximum absolute atomic E-state index is 5.16. The first kappa shape index (κ1) is 15.4. The summed E-state index contributed by atoms with van der Waals surface area (Å²) in [4.78, 5) is 6.52. The van der Waals surface area contributed by atoms with Crippen molar-refractivity contribution in [2.45, 2.75) is 19.9 Å². The van der Waals surface area contributed by atoms with E-state index in [2.05, 4.69) is 65.9 Å². The largest absolute Gasteiger partial charge is 0.383 e. The highest BCUT2D eigenvalue weighted by molar-refractivity contribution is 5.59. The van der Waals surface area contributed by atoms with Crippen molar-refractivity contribution < 1.29 is 4.74 Å². The fourth-order valence-electron chi connectivity index (χ4n) is 2.36. The molecule has 5 heteroatoms. The van der Waals surface area contributed by atoms with E-state index in [4.69, 9.17) is 4.74 Å². The molecule has 0 bridgehead atoms. The average molecular weight is 288 g/mol. The summed E-state index contributed by atoms with van der Waals surface area (Å²) in [7, 11) is 5.81. The van der Waals surface area contributed by atoms with Crippen molar-refractivity contribution in [1.29, 1.82) is 0 Å². The highest BCUT2D eigenvalue weighted by Gasteiger charge is 2.10. The summed E-state index contributed by atoms with van der Waals surface area (Å²) in [5.41, 5.74) is 3.55. The molecule has 1 N–H and O–H groups in total. The zero-order valence-electron chi connectivity index (χ0n) is 13.4. The molecule has 2 rings (SSSR count). The highest BCUT2D eigenvalue weighted by atomic mass is 16.5. The minimum atomic E-state index is 0.204. The highest BCUT2D eigenvalue weighted by Crippen LogP contribution is 2.24. The molecule has 0 aliphatic carbocycles. The van der Waals surface area contributed by atoms with Gasteiger partial charge in [-0.25, -0.2) is 4.98 Å². The first-order valence-corrected chi connectivity index (χ1v) is 7.10. The van der Waals surface area contributed by atoms with E-state index in [1.54, 1.807) is 13.3 Å². The Morgan fingerprint density at radius 2 is 2.14 bits per heavy atom. The molecule has 0 amide bonds. The molecule has 5 nitrogen and oxygen atoms in total. The molecule has 0 aliphatic rings. The van der Waals surface area contributed by atoms with Crippen LogP contribution < -0.4 is 10.2 Å². The van der Waals surface area contributed by atoms with Crippen LogP contribution in [0.1, 0.15) is 12.5 Å². The Morgan fingerprint density at radius 1 is 1.38 bits per heavy atom. The summed E-state index contributed by atoms with van der Waals surface area (Å²) >= 11 is 0. The molecule has 0 spiro atoms. The minimum absolute atomic E-state index is 0.204. The first-order chi connectivity index (χ1) is 10.0. The van der Waals surface area contributed by atoms with Gasteiger partial charge in [0, 0.05) is 45.3 Å². The van der Waals surface area contributed by atoms with Gasteiger partial charge in [-0.1, -0.05) is 6.07 Å². The molecule has 1 heterocycles. The van der Waals surface area contributed by atoms with Crippen LogP contribution >= 0.6 is 0 Å². The van der Waals surface area contributed by atoms with Crippen LogP contribution in [0.4, 0.5) is 11.6 Å². The quantitative estimate of drug-likeness (QED) is 0.887. The number of ether oxygens (including phenoxy) is 1. The van der Waals surface area contributed by atoms with Crippen molar-refractivity contribution >= 4 is 11.6 Å². The number of nitrogens with zero attached hydrogens (tertiary/aromatic N) is 3. The van der Waals surface area contributed by atoms with E-state index in [1.165, 1.54) is 11.3 Å². The number of imidazole rings is 1. The number of hydrogen-bond donors (Lipinski definition) is 1. The van der Waals surface area contributed by atoms with E-state index in [9.17, 15) is 0 Å². The van der Waals surface area contributed by atoms with Gasteiger partial charge in [0.15, 0.2) is 0 Å². The molecule has 1 aromatic heterocycles. The molecule has 21 heavy (non-hydrogen) atoms. The summed E-state index contributed by atoms with van der Waals surface area (Å²) in [6, 6.07) is 6.61. The summed E-state index contributed by atoms with van der Waals surface area (Å²) < 4.78 is 7.21. The number of hydrogen-bond acceptors (Lipinski definition) is 4. The number of anilines is 2. The Hall–Kier alpha value is -2.01. The van der Waals surface area contributed by atoms with Crippen molar-refractivity contribution in [2.24, 2.45) is 0 Å². The van der Waals surface area contributed by atoms with Gasteiger partial charge in [-0.2, -0.15) is 0 Å². The zero-order chi connectivity index (χ0) is 15.4. The lowest BCUT2D eigenvalue weighted by molar-refractivity contribution is 0.190. The maximum atomic E-state index is 5.16. The van der Waals surface area contributed by atoms with E-state index in [0.29, 0.717) is 6.61 Å². The van der Waals surface area contributed by atoms with Gasteiger partial charge in [0.1, 0.15) is 0 Å². The van der Waals surface area contributed by atoms with Crippen LogP contribution in [0.15, 0.2) is 30.6 Å². The molecule has 114 valence electrons. The third-order valence-corrected chi connectivity index (χ3v) is 3.39. The Balaban J connectivity index is 2.31. The lowest BCUT2D eigenvalue weighted by Gasteiger charge is -2.19. The minimum Gasteiger partial charge on any atom is -0.383 e. The molecule has 1 unspecified atom stereocenters. The second kappa shape index (κ2) is 6.63. The Labute approximate surface area is 126 Å². The van der Waals surface area contributed by atoms with Crippen LogP contribution in [-0.2, 0) is 4.74 Å². The molecule has 0 radical (unpaired) electrons. The monoisotopic (exact) mass is 288 g/mol. The van der Waals surface area contributed by atoms with E-state index >= 15 is 0 Å². The van der Waals surface area contributed by atoms with Crippen molar-refractivity contribution in [2.75, 3.05) is 38.0 Å². The van der Waals surface area contributed by atoms with E-state index < -0.39 is 0 Å². The van der Waals surface area contributed by atoms with E-state index in [-0.39, 0.29) is 6.04 Å². The van der Waals surface area contributed by atoms with Crippen LogP contribution in [0.2, 0.25) is 0 Å². The number of nitrogens with one attached hydrogen (secondary N) is 1. The van der Waals surface area contributed by atoms with Crippen LogP contribution in [0.25, 0.3) is 5.69 Å². The van der Waals surface area contributed by atoms with E-state index in [1.807, 2.05) is 6.20 Å². The predicted octanol–water partition coefficient (Wildman–Crippen LogP) is 2.69. The third-order valence-electron chi connectivity index (χ3n) is 3.39. The molecule has 2 aromatic rings. The molecule has 0 fully saturated rings. The summed E-state index contributed by atoms with van der Waals surface area (Å²) in [6.45, 7) is 4.83. The molecule has 0 saturated carbocycles. The lowest BCUT2D eigenvalue weighted by atomic mass is 10.1. The predicted molar refractivity (Wildman–Crippen MR) is 87.6 cm³/mol. The van der Waals surface area contributed by atoms with Gasteiger partial charge < -0.3 is 15.0 Å². The zero-order valence-corrected chi connectivity index (χ0v) is 13.4. The van der Waals surface area contributed by atoms with Crippen molar-refractivity contribution in [1.82, 2.24) is 9.55 Å². The standard InChI is InChI=1S/C16H24N4O/c1-12-6-7-14(10-15(12)19(3)4)20-9-8-17-16(20)18-13(2)11-21-5/h6-10,13H,11H2,1-5H3,(H,17,18). The van der Waals surface area contributed by atoms with Crippen molar-refractivity contribution in [3.8, 4) is 5.69 Å². The second-order valence-corrected chi connectivity index (χ2v) is 5.49. The van der Waals surface area contributed by atoms with Gasteiger partial charge in [-0.05, 0) is 31.5 Å². The molecule has 0 saturated heterocycles. The average Bonchev–Trinajstić information content (AvgIpc) is 2.87. The molecule has 0 aliphatic heterocycles. The Morgan fingerprint density at radius 3 is 2.81 bits per heavy atom. The lowest BCUT2D eigenvalue weighted by Crippen LogP contribution is -2.23. The van der Waals surface area contributed by atoms with Gasteiger partial charge in [0.05, 0.1) is 12.3 Å². The smallest absolute Gasteiger partial charge is 0.207 e. The number of rotatable bonds is 6. The van der Waals surface area contributed by atoms with E-state index in [0.717, 1.165) is 11.6 Å². The Kier molecular flexibility index (Phi) is 4.85. The molecule has 1 atom stereocenters. The van der Waals surface area contributed by atoms with Gasteiger partial charge >= 0.3 is 0 Å². The number of aromatic nitrogens is 2. The summed E-state index contributed by atoms with van der Waals surface area (Å²) in [5.74, 6) is 0.827. The van der Waals surface area contributed by atoms with Crippen molar-refractivity contribution in [3.63, 3.8) is 0 Å². The van der Waals surface area contributed by atoms with Gasteiger partial charge in [-0.15, -0.1) is 0 Å². The van der Waals surface area contributed by atoms with Gasteiger partial charge in [-0.3, -0.25) is 4.57 Å². The summed E-state index contributed by atoms with van der Waals surface area (Å²) in [5, 5.41) is 3.37. The van der Waals surface area contributed by atoms with Gasteiger partial charge in [0.2, 0.25) is 5.95 Å². The molecular weight excluding hydrogens is 264 g/mol. The van der Waals surface area contributed by atoms with Crippen LogP contribution in [0.3, 0.4) is 0 Å². The second-order valence-electron chi connectivity index (χ2n) is 5.49. The first-order valence-electron chi connectivity index (χ1n) is 7.10. The molecule has 1 aromatic carbocycles. The Bertz CT molecular complexity index is 592. The summed E-state index contributed by atoms with van der Waals surface area (Å²) in [6.07, 6.45) is 3.77. The fourth-order valence-corrected chi connectivity index (χ4v) is 2.36. The number of methoxy groups -OCH3 is 1. The fraction of sp³-hybridized carbons (Fsp3) is 0.438. The normalized spacial score (nSPS) is 12.2. The topological polar surface area (TPSA) is 42.3 Å². The van der Waals surface area contributed by atoms with Crippen molar-refractivity contribution in [3.05, 3.63) is 36.2 Å². The molecular formula is C16H24N4O. The SMILES string of the molecule is COCC(C)Nc1nccn1-c1ccc(C)c(N(C)C)c1. The maximum Gasteiger partial charge on any atom is 0.207 e. The van der Waals surface area contributed by atoms with Crippen LogP contribution in [0.5, 0.6) is 0 Å².